The van der Waals surface area contributed by atoms with E-state index in [1.165, 1.54) is 0 Å². The Labute approximate surface area is 122 Å². The van der Waals surface area contributed by atoms with Crippen molar-refractivity contribution in [1.82, 2.24) is 15.1 Å². The van der Waals surface area contributed by atoms with Crippen LogP contribution in [-0.4, -0.2) is 66.7 Å². The van der Waals surface area contributed by atoms with Crippen LogP contribution >= 0.6 is 0 Å². The second-order valence-electron chi connectivity index (χ2n) is 5.69. The van der Waals surface area contributed by atoms with E-state index >= 15 is 0 Å². The standard InChI is InChI=1S/C14H29N3O3/c1-6-7-17(9-8-16(4)5)14(20)15-12(11(2)3)10-13(18)19/h11-12H,6-10H2,1-5H3,(H,15,20)(H,18,19). The zero-order chi connectivity index (χ0) is 15.7. The number of aliphatic carboxylic acids is 1. The van der Waals surface area contributed by atoms with Crippen LogP contribution in [0.2, 0.25) is 0 Å². The average molecular weight is 287 g/mol. The van der Waals surface area contributed by atoms with E-state index in [9.17, 15) is 9.59 Å². The monoisotopic (exact) mass is 287 g/mol. The fourth-order valence-electron chi connectivity index (χ4n) is 1.80. The summed E-state index contributed by atoms with van der Waals surface area (Å²) in [6, 6.07) is -0.507. The SMILES string of the molecule is CCCN(CCN(C)C)C(=O)NC(CC(=O)O)C(C)C. The molecule has 118 valence electrons. The molecule has 2 amide bonds. The summed E-state index contributed by atoms with van der Waals surface area (Å²) < 4.78 is 0. The number of hydrogen-bond donors (Lipinski definition) is 2. The van der Waals surface area contributed by atoms with Gasteiger partial charge in [0.25, 0.3) is 0 Å². The lowest BCUT2D eigenvalue weighted by atomic mass is 10.0. The average Bonchev–Trinajstić information content (AvgIpc) is 2.32. The number of nitrogens with zero attached hydrogens (tertiary/aromatic N) is 2. The molecule has 0 radical (unpaired) electrons. The molecule has 0 bridgehead atoms. The van der Waals surface area contributed by atoms with Crippen molar-refractivity contribution in [2.45, 2.75) is 39.7 Å². The molecule has 0 aliphatic carbocycles. The third-order valence-electron chi connectivity index (χ3n) is 3.11. The first kappa shape index (κ1) is 18.7. The quantitative estimate of drug-likeness (QED) is 0.673. The van der Waals surface area contributed by atoms with E-state index in [0.717, 1.165) is 13.0 Å². The first-order valence-electron chi connectivity index (χ1n) is 7.19. The van der Waals surface area contributed by atoms with Gasteiger partial charge in [-0.05, 0) is 26.4 Å². The summed E-state index contributed by atoms with van der Waals surface area (Å²) in [5.41, 5.74) is 0. The summed E-state index contributed by atoms with van der Waals surface area (Å²) >= 11 is 0. The maximum atomic E-state index is 12.2. The molecule has 6 heteroatoms. The van der Waals surface area contributed by atoms with Crippen LogP contribution in [-0.2, 0) is 4.79 Å². The van der Waals surface area contributed by atoms with E-state index in [4.69, 9.17) is 5.11 Å². The fourth-order valence-corrected chi connectivity index (χ4v) is 1.80. The second kappa shape index (κ2) is 9.58. The first-order valence-corrected chi connectivity index (χ1v) is 7.19. The number of amides is 2. The molecule has 0 rings (SSSR count). The van der Waals surface area contributed by atoms with Crippen molar-refractivity contribution in [3.05, 3.63) is 0 Å². The minimum atomic E-state index is -0.890. The van der Waals surface area contributed by atoms with Crippen LogP contribution in [0.1, 0.15) is 33.6 Å². The summed E-state index contributed by atoms with van der Waals surface area (Å²) in [6.45, 7) is 7.96. The smallest absolute Gasteiger partial charge is 0.317 e. The molecular formula is C14H29N3O3. The highest BCUT2D eigenvalue weighted by Crippen LogP contribution is 2.07. The fraction of sp³-hybridized carbons (Fsp3) is 0.857. The Balaban J connectivity index is 4.57. The Hall–Kier alpha value is -1.30. The number of hydrogen-bond acceptors (Lipinski definition) is 3. The third-order valence-corrected chi connectivity index (χ3v) is 3.11. The van der Waals surface area contributed by atoms with Gasteiger partial charge < -0.3 is 20.2 Å². The summed E-state index contributed by atoms with van der Waals surface area (Å²) in [4.78, 5) is 26.8. The molecule has 0 heterocycles. The molecule has 0 aliphatic rings. The third kappa shape index (κ3) is 7.99. The van der Waals surface area contributed by atoms with Crippen molar-refractivity contribution < 1.29 is 14.7 Å². The van der Waals surface area contributed by atoms with E-state index in [0.29, 0.717) is 13.1 Å². The molecule has 0 aromatic carbocycles. The molecule has 0 aliphatic heterocycles. The minimum absolute atomic E-state index is 0.0446. The predicted octanol–water partition coefficient (Wildman–Crippen LogP) is 1.47. The topological polar surface area (TPSA) is 72.9 Å². The molecule has 6 nitrogen and oxygen atoms in total. The Morgan fingerprint density at radius 1 is 1.15 bits per heavy atom. The lowest BCUT2D eigenvalue weighted by Crippen LogP contribution is -2.49. The van der Waals surface area contributed by atoms with E-state index in [2.05, 4.69) is 5.32 Å². The van der Waals surface area contributed by atoms with Gasteiger partial charge in [0.15, 0.2) is 0 Å². The molecule has 0 saturated heterocycles. The number of rotatable bonds is 9. The zero-order valence-electron chi connectivity index (χ0n) is 13.3. The van der Waals surface area contributed by atoms with Crippen LogP contribution in [0.3, 0.4) is 0 Å². The molecule has 2 N–H and O–H groups in total. The molecule has 0 spiro atoms. The van der Waals surface area contributed by atoms with Crippen molar-refractivity contribution in [2.24, 2.45) is 5.92 Å². The number of carboxylic acids is 1. The number of likely N-dealkylation sites (N-methyl/N-ethyl adjacent to an activating group) is 1. The molecular weight excluding hydrogens is 258 g/mol. The lowest BCUT2D eigenvalue weighted by Gasteiger charge is -2.28. The Morgan fingerprint density at radius 3 is 2.15 bits per heavy atom. The molecule has 1 unspecified atom stereocenters. The molecule has 0 aromatic heterocycles. The summed E-state index contributed by atoms with van der Waals surface area (Å²) in [7, 11) is 3.92. The highest BCUT2D eigenvalue weighted by Gasteiger charge is 2.22. The van der Waals surface area contributed by atoms with Gasteiger partial charge in [-0.1, -0.05) is 20.8 Å². The van der Waals surface area contributed by atoms with E-state index in [1.807, 2.05) is 39.8 Å². The Bertz CT molecular complexity index is 306. The summed E-state index contributed by atoms with van der Waals surface area (Å²) in [6.07, 6.45) is 0.836. The zero-order valence-corrected chi connectivity index (χ0v) is 13.3. The maximum Gasteiger partial charge on any atom is 0.317 e. The largest absolute Gasteiger partial charge is 0.481 e. The number of urea groups is 1. The number of nitrogens with one attached hydrogen (secondary N) is 1. The first-order chi connectivity index (χ1) is 9.27. The van der Waals surface area contributed by atoms with Crippen molar-refractivity contribution in [3.63, 3.8) is 0 Å². The molecule has 20 heavy (non-hydrogen) atoms. The van der Waals surface area contributed by atoms with E-state index in [-0.39, 0.29) is 24.4 Å². The highest BCUT2D eigenvalue weighted by molar-refractivity contribution is 5.76. The van der Waals surface area contributed by atoms with Crippen LogP contribution in [0.5, 0.6) is 0 Å². The highest BCUT2D eigenvalue weighted by atomic mass is 16.4. The van der Waals surface area contributed by atoms with Crippen LogP contribution < -0.4 is 5.32 Å². The number of carboxylic acid groups (broad SMARTS) is 1. The molecule has 0 saturated carbocycles. The van der Waals surface area contributed by atoms with Crippen LogP contribution in [0.4, 0.5) is 4.79 Å². The van der Waals surface area contributed by atoms with Crippen molar-refractivity contribution in [2.75, 3.05) is 33.7 Å². The molecule has 1 atom stereocenters. The lowest BCUT2D eigenvalue weighted by molar-refractivity contribution is -0.137. The van der Waals surface area contributed by atoms with Crippen molar-refractivity contribution >= 4 is 12.0 Å². The van der Waals surface area contributed by atoms with Gasteiger partial charge in [-0.25, -0.2) is 4.79 Å². The van der Waals surface area contributed by atoms with Gasteiger partial charge in [0.1, 0.15) is 0 Å². The van der Waals surface area contributed by atoms with Crippen molar-refractivity contribution in [1.29, 1.82) is 0 Å². The number of carbonyl (C=O) groups excluding carboxylic acids is 1. The van der Waals surface area contributed by atoms with Gasteiger partial charge in [0.05, 0.1) is 6.42 Å². The van der Waals surface area contributed by atoms with Crippen LogP contribution in [0.15, 0.2) is 0 Å². The van der Waals surface area contributed by atoms with Gasteiger partial charge >= 0.3 is 12.0 Å². The predicted molar refractivity (Wildman–Crippen MR) is 79.8 cm³/mol. The second-order valence-corrected chi connectivity index (χ2v) is 5.69. The Kier molecular flexibility index (Phi) is 8.96. The van der Waals surface area contributed by atoms with Gasteiger partial charge in [-0.3, -0.25) is 4.79 Å². The minimum Gasteiger partial charge on any atom is -0.481 e. The Morgan fingerprint density at radius 2 is 1.75 bits per heavy atom. The van der Waals surface area contributed by atoms with Gasteiger partial charge in [0, 0.05) is 25.7 Å². The number of carbonyl (C=O) groups is 2. The molecule has 0 fully saturated rings. The summed E-state index contributed by atoms with van der Waals surface area (Å²) in [5, 5.41) is 11.7. The van der Waals surface area contributed by atoms with Crippen LogP contribution in [0.25, 0.3) is 0 Å². The van der Waals surface area contributed by atoms with Gasteiger partial charge in [-0.2, -0.15) is 0 Å². The maximum absolute atomic E-state index is 12.2. The van der Waals surface area contributed by atoms with Gasteiger partial charge in [-0.15, -0.1) is 0 Å². The van der Waals surface area contributed by atoms with Crippen LogP contribution in [0, 0.1) is 5.92 Å². The summed E-state index contributed by atoms with van der Waals surface area (Å²) in [5.74, 6) is -0.799. The van der Waals surface area contributed by atoms with E-state index < -0.39 is 5.97 Å². The normalized spacial score (nSPS) is 12.6. The van der Waals surface area contributed by atoms with E-state index in [1.54, 1.807) is 4.90 Å². The molecule has 0 aromatic rings. The van der Waals surface area contributed by atoms with Crippen molar-refractivity contribution in [3.8, 4) is 0 Å². The van der Waals surface area contributed by atoms with Gasteiger partial charge in [0.2, 0.25) is 0 Å².